The fourth-order valence-corrected chi connectivity index (χ4v) is 3.07. The van der Waals surface area contributed by atoms with Gasteiger partial charge in [-0.05, 0) is 55.0 Å². The molecule has 0 fully saturated rings. The Bertz CT molecular complexity index is 1380. The van der Waals surface area contributed by atoms with Crippen LogP contribution < -0.4 is 15.7 Å². The zero-order valence-corrected chi connectivity index (χ0v) is 16.9. The molecule has 160 valence electrons. The number of carbonyl (C=O) groups is 1. The second kappa shape index (κ2) is 8.68. The van der Waals surface area contributed by atoms with Crippen molar-refractivity contribution in [1.82, 2.24) is 4.98 Å². The van der Waals surface area contributed by atoms with Gasteiger partial charge in [0.1, 0.15) is 0 Å². The zero-order valence-electron chi connectivity index (χ0n) is 16.9. The largest absolute Gasteiger partial charge is 0.477 e. The third kappa shape index (κ3) is 4.46. The number of fused-ring (bicyclic) bond motifs is 1. The van der Waals surface area contributed by atoms with E-state index in [0.717, 1.165) is 0 Å². The fourth-order valence-electron chi connectivity index (χ4n) is 3.07. The van der Waals surface area contributed by atoms with Gasteiger partial charge in [0.15, 0.2) is 12.4 Å². The van der Waals surface area contributed by atoms with E-state index >= 15 is 0 Å². The van der Waals surface area contributed by atoms with Gasteiger partial charge in [-0.1, -0.05) is 18.2 Å². The monoisotopic (exact) mass is 431 g/mol. The van der Waals surface area contributed by atoms with Crippen molar-refractivity contribution in [1.29, 1.82) is 0 Å². The topological polar surface area (TPSA) is 125 Å². The summed E-state index contributed by atoms with van der Waals surface area (Å²) in [7, 11) is 0. The molecule has 0 spiro atoms. The molecule has 4 aromatic rings. The number of nitrogens with zero attached hydrogens (tertiary/aromatic N) is 2. The number of ether oxygens (including phenoxy) is 1. The van der Waals surface area contributed by atoms with Crippen LogP contribution in [0.5, 0.6) is 5.75 Å². The van der Waals surface area contributed by atoms with Crippen molar-refractivity contribution < 1.29 is 18.9 Å². The van der Waals surface area contributed by atoms with Gasteiger partial charge in [-0.15, -0.1) is 0 Å². The number of para-hydroxylation sites is 1. The first kappa shape index (κ1) is 20.7. The van der Waals surface area contributed by atoms with Crippen molar-refractivity contribution in [2.24, 2.45) is 0 Å². The second-order valence-corrected chi connectivity index (χ2v) is 6.97. The van der Waals surface area contributed by atoms with Gasteiger partial charge in [-0.25, -0.2) is 9.78 Å². The molecule has 0 saturated heterocycles. The van der Waals surface area contributed by atoms with Gasteiger partial charge in [-0.3, -0.25) is 14.9 Å². The number of aryl methyl sites for hydroxylation is 1. The minimum Gasteiger partial charge on any atom is -0.477 e. The molecule has 0 bridgehead atoms. The number of aromatic nitrogens is 1. The van der Waals surface area contributed by atoms with Gasteiger partial charge in [0.25, 0.3) is 5.91 Å². The van der Waals surface area contributed by atoms with Gasteiger partial charge < -0.3 is 14.5 Å². The van der Waals surface area contributed by atoms with E-state index in [9.17, 15) is 19.7 Å². The molecule has 1 N–H and O–H groups in total. The first-order valence-electron chi connectivity index (χ1n) is 9.59. The van der Waals surface area contributed by atoms with Gasteiger partial charge >= 0.3 is 11.3 Å². The SMILES string of the molecule is Cc1ccc(OCC(=O)Nc2ccc(-c3nc4ccccc4c(=O)o3)cc2)c([N+](=O)[O-])c1. The second-order valence-electron chi connectivity index (χ2n) is 6.97. The molecule has 3 aromatic carbocycles. The van der Waals surface area contributed by atoms with E-state index in [-0.39, 0.29) is 17.3 Å². The van der Waals surface area contributed by atoms with Gasteiger partial charge in [0, 0.05) is 17.3 Å². The summed E-state index contributed by atoms with van der Waals surface area (Å²) in [6, 6.07) is 17.9. The maximum Gasteiger partial charge on any atom is 0.347 e. The predicted molar refractivity (Wildman–Crippen MR) is 118 cm³/mol. The first-order valence-corrected chi connectivity index (χ1v) is 9.59. The van der Waals surface area contributed by atoms with Crippen LogP contribution in [0.25, 0.3) is 22.4 Å². The molecule has 0 radical (unpaired) electrons. The summed E-state index contributed by atoms with van der Waals surface area (Å²) >= 11 is 0. The van der Waals surface area contributed by atoms with Crippen LogP contribution in [0.4, 0.5) is 11.4 Å². The molecule has 0 saturated carbocycles. The smallest absolute Gasteiger partial charge is 0.347 e. The third-order valence-corrected chi connectivity index (χ3v) is 4.62. The van der Waals surface area contributed by atoms with Crippen LogP contribution in [0.3, 0.4) is 0 Å². The highest BCUT2D eigenvalue weighted by Gasteiger charge is 2.16. The number of amides is 1. The van der Waals surface area contributed by atoms with E-state index in [1.165, 1.54) is 12.1 Å². The molecule has 9 heteroatoms. The summed E-state index contributed by atoms with van der Waals surface area (Å²) in [6.07, 6.45) is 0. The minimum absolute atomic E-state index is 0.0171. The van der Waals surface area contributed by atoms with Gasteiger partial charge in [0.05, 0.1) is 15.8 Å². The lowest BCUT2D eigenvalue weighted by molar-refractivity contribution is -0.385. The molecule has 0 aliphatic heterocycles. The summed E-state index contributed by atoms with van der Waals surface area (Å²) in [5.41, 5.74) is 1.60. The van der Waals surface area contributed by atoms with Crippen molar-refractivity contribution in [2.45, 2.75) is 6.92 Å². The Morgan fingerprint density at radius 3 is 2.62 bits per heavy atom. The maximum atomic E-state index is 12.2. The summed E-state index contributed by atoms with van der Waals surface area (Å²) in [6.45, 7) is 1.33. The summed E-state index contributed by atoms with van der Waals surface area (Å²) < 4.78 is 10.6. The number of hydrogen-bond donors (Lipinski definition) is 1. The molecule has 1 amide bonds. The standard InChI is InChI=1S/C23H17N3O6/c1-14-6-11-20(19(12-14)26(29)30)31-13-21(27)24-16-9-7-15(8-10-16)22-25-18-5-3-2-4-17(18)23(28)32-22/h2-12H,13H2,1H3,(H,24,27). The van der Waals surface area contributed by atoms with Crippen molar-refractivity contribution >= 4 is 28.2 Å². The van der Waals surface area contributed by atoms with Crippen LogP contribution in [0.2, 0.25) is 0 Å². The Morgan fingerprint density at radius 2 is 1.88 bits per heavy atom. The number of nitrogens with one attached hydrogen (secondary N) is 1. The van der Waals surface area contributed by atoms with Crippen LogP contribution in [0.1, 0.15) is 5.56 Å². The lowest BCUT2D eigenvalue weighted by Crippen LogP contribution is -2.20. The normalized spacial score (nSPS) is 10.7. The molecule has 1 heterocycles. The van der Waals surface area contributed by atoms with Crippen molar-refractivity contribution in [2.75, 3.05) is 11.9 Å². The summed E-state index contributed by atoms with van der Waals surface area (Å²) in [5, 5.41) is 14.2. The molecule has 0 aliphatic carbocycles. The van der Waals surface area contributed by atoms with Crippen molar-refractivity contribution in [3.05, 3.63) is 92.8 Å². The van der Waals surface area contributed by atoms with Crippen LogP contribution >= 0.6 is 0 Å². The molecule has 0 atom stereocenters. The number of hydrogen-bond acceptors (Lipinski definition) is 7. The van der Waals surface area contributed by atoms with Crippen LogP contribution in [0.15, 0.2) is 75.9 Å². The fraction of sp³-hybridized carbons (Fsp3) is 0.0870. The number of rotatable bonds is 6. The van der Waals surface area contributed by atoms with Gasteiger partial charge in [-0.2, -0.15) is 0 Å². The molecular formula is C23H17N3O6. The number of nitro benzene ring substituents is 1. The number of benzene rings is 3. The Labute approximate surface area is 181 Å². The Hall–Kier alpha value is -4.53. The quantitative estimate of drug-likeness (QED) is 0.360. The number of carbonyl (C=O) groups excluding carboxylic acids is 1. The molecule has 32 heavy (non-hydrogen) atoms. The predicted octanol–water partition coefficient (Wildman–Crippen LogP) is 4.09. The van der Waals surface area contributed by atoms with Gasteiger partial charge in [0.2, 0.25) is 5.89 Å². The molecular weight excluding hydrogens is 414 g/mol. The zero-order chi connectivity index (χ0) is 22.7. The van der Waals surface area contributed by atoms with E-state index in [1.54, 1.807) is 61.5 Å². The van der Waals surface area contributed by atoms with E-state index in [0.29, 0.717) is 27.7 Å². The first-order chi connectivity index (χ1) is 15.4. The number of nitro groups is 1. The average molecular weight is 431 g/mol. The highest BCUT2D eigenvalue weighted by molar-refractivity contribution is 5.92. The highest BCUT2D eigenvalue weighted by atomic mass is 16.6. The minimum atomic E-state index is -0.557. The Morgan fingerprint density at radius 1 is 1.12 bits per heavy atom. The van der Waals surface area contributed by atoms with Crippen molar-refractivity contribution in [3.8, 4) is 17.2 Å². The van der Waals surface area contributed by atoms with E-state index in [4.69, 9.17) is 9.15 Å². The summed E-state index contributed by atoms with van der Waals surface area (Å²) in [4.78, 5) is 39.3. The lowest BCUT2D eigenvalue weighted by atomic mass is 10.2. The van der Waals surface area contributed by atoms with Crippen LogP contribution in [0, 0.1) is 17.0 Å². The van der Waals surface area contributed by atoms with Crippen LogP contribution in [-0.4, -0.2) is 22.4 Å². The average Bonchev–Trinajstić information content (AvgIpc) is 2.78. The molecule has 4 rings (SSSR count). The Kier molecular flexibility index (Phi) is 5.63. The number of anilines is 1. The molecule has 1 aromatic heterocycles. The lowest BCUT2D eigenvalue weighted by Gasteiger charge is -2.09. The Balaban J connectivity index is 1.44. The van der Waals surface area contributed by atoms with Crippen molar-refractivity contribution in [3.63, 3.8) is 0 Å². The van der Waals surface area contributed by atoms with E-state index in [1.807, 2.05) is 0 Å². The molecule has 0 aliphatic rings. The molecule has 9 nitrogen and oxygen atoms in total. The maximum absolute atomic E-state index is 12.2. The molecule has 0 unspecified atom stereocenters. The van der Waals surface area contributed by atoms with Crippen LogP contribution in [-0.2, 0) is 4.79 Å². The van der Waals surface area contributed by atoms with E-state index < -0.39 is 23.1 Å². The van der Waals surface area contributed by atoms with E-state index in [2.05, 4.69) is 10.3 Å². The third-order valence-electron chi connectivity index (χ3n) is 4.62. The summed E-state index contributed by atoms with van der Waals surface area (Å²) in [5.74, 6) is -0.298. The highest BCUT2D eigenvalue weighted by Crippen LogP contribution is 2.27.